The zero-order valence-electron chi connectivity index (χ0n) is 11.6. The minimum Gasteiger partial charge on any atom is -0.488 e. The second-order valence-electron chi connectivity index (χ2n) is 5.18. The number of carboxylic acid groups (broad SMARTS) is 1. The van der Waals surface area contributed by atoms with Gasteiger partial charge in [0.2, 0.25) is 0 Å². The first-order valence-corrected chi connectivity index (χ1v) is 6.78. The van der Waals surface area contributed by atoms with E-state index in [2.05, 4.69) is 19.9 Å². The van der Waals surface area contributed by atoms with E-state index in [1.807, 2.05) is 17.0 Å². The first kappa shape index (κ1) is 13.9. The Kier molecular flexibility index (Phi) is 4.43. The molecule has 4 nitrogen and oxygen atoms in total. The molecular formula is C15H21NO3. The van der Waals surface area contributed by atoms with Crippen LogP contribution in [0.15, 0.2) is 18.2 Å². The number of aliphatic carboxylic acids is 1. The van der Waals surface area contributed by atoms with Crippen LogP contribution in [-0.2, 0) is 11.2 Å². The average Bonchev–Trinajstić information content (AvgIpc) is 2.69. The Morgan fingerprint density at radius 3 is 3.00 bits per heavy atom. The minimum absolute atomic E-state index is 0.0719. The molecule has 1 atom stereocenters. The van der Waals surface area contributed by atoms with Crippen molar-refractivity contribution in [2.75, 3.05) is 19.6 Å². The molecule has 0 aliphatic carbocycles. The third-order valence-electron chi connectivity index (χ3n) is 3.32. The van der Waals surface area contributed by atoms with Crippen LogP contribution in [0.5, 0.6) is 5.75 Å². The number of aryl methyl sites for hydroxylation is 1. The fourth-order valence-corrected chi connectivity index (χ4v) is 2.58. The van der Waals surface area contributed by atoms with Gasteiger partial charge in [-0.25, -0.2) is 0 Å². The Labute approximate surface area is 114 Å². The third-order valence-corrected chi connectivity index (χ3v) is 3.32. The molecule has 4 heteroatoms. The van der Waals surface area contributed by atoms with Crippen LogP contribution >= 0.6 is 0 Å². The maximum Gasteiger partial charge on any atom is 0.317 e. The molecule has 19 heavy (non-hydrogen) atoms. The Balaban J connectivity index is 1.95. The summed E-state index contributed by atoms with van der Waals surface area (Å²) in [7, 11) is 0. The van der Waals surface area contributed by atoms with Gasteiger partial charge < -0.3 is 9.84 Å². The van der Waals surface area contributed by atoms with Crippen LogP contribution in [0.2, 0.25) is 0 Å². The van der Waals surface area contributed by atoms with Gasteiger partial charge in [-0.15, -0.1) is 0 Å². The van der Waals surface area contributed by atoms with E-state index in [9.17, 15) is 4.79 Å². The van der Waals surface area contributed by atoms with Gasteiger partial charge in [0, 0.05) is 13.0 Å². The van der Waals surface area contributed by atoms with Crippen LogP contribution in [0.25, 0.3) is 0 Å². The summed E-state index contributed by atoms with van der Waals surface area (Å²) in [6.07, 6.45) is 1.89. The van der Waals surface area contributed by atoms with Crippen LogP contribution in [0.4, 0.5) is 0 Å². The zero-order valence-corrected chi connectivity index (χ0v) is 11.6. The zero-order chi connectivity index (χ0) is 13.8. The maximum absolute atomic E-state index is 10.8. The van der Waals surface area contributed by atoms with Gasteiger partial charge in [0.15, 0.2) is 0 Å². The van der Waals surface area contributed by atoms with E-state index in [1.54, 1.807) is 0 Å². The van der Waals surface area contributed by atoms with Crippen molar-refractivity contribution in [3.63, 3.8) is 0 Å². The van der Waals surface area contributed by atoms with E-state index >= 15 is 0 Å². The van der Waals surface area contributed by atoms with Crippen molar-refractivity contribution in [1.82, 2.24) is 4.90 Å². The van der Waals surface area contributed by atoms with Crippen LogP contribution in [0.1, 0.15) is 24.5 Å². The highest BCUT2D eigenvalue weighted by atomic mass is 16.5. The maximum atomic E-state index is 10.8. The molecule has 0 spiro atoms. The van der Waals surface area contributed by atoms with E-state index in [-0.39, 0.29) is 12.6 Å². The molecule has 1 aliphatic heterocycles. The molecule has 2 rings (SSSR count). The van der Waals surface area contributed by atoms with Gasteiger partial charge in [-0.2, -0.15) is 0 Å². The van der Waals surface area contributed by atoms with Crippen LogP contribution in [0.3, 0.4) is 0 Å². The Morgan fingerprint density at radius 1 is 1.53 bits per heavy atom. The highest BCUT2D eigenvalue weighted by Gasteiger charge is 2.25. The number of hydrogen-bond acceptors (Lipinski definition) is 3. The minimum atomic E-state index is -0.778. The van der Waals surface area contributed by atoms with Gasteiger partial charge in [0.05, 0.1) is 6.54 Å². The summed E-state index contributed by atoms with van der Waals surface area (Å²) in [5.41, 5.74) is 2.47. The standard InChI is InChI=1S/C15H21NO3/c1-3-6-16(10-15(17)18)9-13-8-12-7-11(2)4-5-14(12)19-13/h4-5,7,13H,3,6,8-10H2,1-2H3,(H,17,18). The molecule has 0 amide bonds. The van der Waals surface area contributed by atoms with Gasteiger partial charge in [0.25, 0.3) is 0 Å². The molecule has 0 radical (unpaired) electrons. The SMILES string of the molecule is CCCN(CC(=O)O)CC1Cc2cc(C)ccc2O1. The summed E-state index contributed by atoms with van der Waals surface area (Å²) in [5, 5.41) is 8.91. The van der Waals surface area contributed by atoms with Crippen molar-refractivity contribution in [3.05, 3.63) is 29.3 Å². The predicted octanol–water partition coefficient (Wildman–Crippen LogP) is 2.10. The fraction of sp³-hybridized carbons (Fsp3) is 0.533. The van der Waals surface area contributed by atoms with E-state index in [4.69, 9.17) is 9.84 Å². The molecule has 1 unspecified atom stereocenters. The lowest BCUT2D eigenvalue weighted by atomic mass is 10.1. The lowest BCUT2D eigenvalue weighted by Crippen LogP contribution is -2.38. The number of nitrogens with zero attached hydrogens (tertiary/aromatic N) is 1. The molecule has 0 saturated heterocycles. The number of carboxylic acids is 1. The lowest BCUT2D eigenvalue weighted by molar-refractivity contribution is -0.138. The van der Waals surface area contributed by atoms with Crippen molar-refractivity contribution in [2.24, 2.45) is 0 Å². The van der Waals surface area contributed by atoms with Crippen LogP contribution in [-0.4, -0.2) is 41.7 Å². The number of carbonyl (C=O) groups is 1. The number of fused-ring (bicyclic) bond motifs is 1. The van der Waals surface area contributed by atoms with Gasteiger partial charge in [-0.1, -0.05) is 24.6 Å². The summed E-state index contributed by atoms with van der Waals surface area (Å²) in [4.78, 5) is 12.8. The molecule has 0 saturated carbocycles. The van der Waals surface area contributed by atoms with E-state index in [0.29, 0.717) is 6.54 Å². The van der Waals surface area contributed by atoms with E-state index in [0.717, 1.165) is 25.1 Å². The molecular weight excluding hydrogens is 242 g/mol. The molecule has 0 bridgehead atoms. The second-order valence-corrected chi connectivity index (χ2v) is 5.18. The number of ether oxygens (including phenoxy) is 1. The Morgan fingerprint density at radius 2 is 2.32 bits per heavy atom. The Bertz CT molecular complexity index is 459. The molecule has 1 N–H and O–H groups in total. The normalized spacial score (nSPS) is 17.3. The lowest BCUT2D eigenvalue weighted by Gasteiger charge is -2.22. The number of rotatable bonds is 6. The van der Waals surface area contributed by atoms with Crippen molar-refractivity contribution in [1.29, 1.82) is 0 Å². The molecule has 1 aromatic carbocycles. The average molecular weight is 263 g/mol. The fourth-order valence-electron chi connectivity index (χ4n) is 2.58. The van der Waals surface area contributed by atoms with Gasteiger partial charge in [-0.05, 0) is 31.5 Å². The quantitative estimate of drug-likeness (QED) is 0.854. The number of benzene rings is 1. The summed E-state index contributed by atoms with van der Waals surface area (Å²) >= 11 is 0. The van der Waals surface area contributed by atoms with Gasteiger partial charge in [0.1, 0.15) is 11.9 Å². The number of hydrogen-bond donors (Lipinski definition) is 1. The van der Waals surface area contributed by atoms with Gasteiger partial charge in [-0.3, -0.25) is 9.69 Å². The summed E-state index contributed by atoms with van der Waals surface area (Å²) in [6.45, 7) is 5.68. The molecule has 104 valence electrons. The topological polar surface area (TPSA) is 49.8 Å². The second kappa shape index (κ2) is 6.06. The highest BCUT2D eigenvalue weighted by molar-refractivity contribution is 5.69. The molecule has 0 fully saturated rings. The first-order chi connectivity index (χ1) is 9.08. The summed E-state index contributed by atoms with van der Waals surface area (Å²) < 4.78 is 5.89. The molecule has 1 heterocycles. The Hall–Kier alpha value is -1.55. The summed E-state index contributed by atoms with van der Waals surface area (Å²) in [5.74, 6) is 0.169. The van der Waals surface area contributed by atoms with Crippen molar-refractivity contribution >= 4 is 5.97 Å². The van der Waals surface area contributed by atoms with Gasteiger partial charge >= 0.3 is 5.97 Å². The van der Waals surface area contributed by atoms with Crippen LogP contribution in [0, 0.1) is 6.92 Å². The largest absolute Gasteiger partial charge is 0.488 e. The monoisotopic (exact) mass is 263 g/mol. The van der Waals surface area contributed by atoms with Crippen LogP contribution < -0.4 is 4.74 Å². The van der Waals surface area contributed by atoms with Crippen molar-refractivity contribution in [3.8, 4) is 5.75 Å². The highest BCUT2D eigenvalue weighted by Crippen LogP contribution is 2.29. The van der Waals surface area contributed by atoms with Crippen molar-refractivity contribution in [2.45, 2.75) is 32.8 Å². The third kappa shape index (κ3) is 3.70. The van der Waals surface area contributed by atoms with E-state index in [1.165, 1.54) is 11.1 Å². The van der Waals surface area contributed by atoms with Crippen molar-refractivity contribution < 1.29 is 14.6 Å². The first-order valence-electron chi connectivity index (χ1n) is 6.78. The molecule has 0 aromatic heterocycles. The van der Waals surface area contributed by atoms with E-state index < -0.39 is 5.97 Å². The smallest absolute Gasteiger partial charge is 0.317 e. The summed E-state index contributed by atoms with van der Waals surface area (Å²) in [6, 6.07) is 6.20. The molecule has 1 aromatic rings. The molecule has 1 aliphatic rings. The predicted molar refractivity (Wildman–Crippen MR) is 73.7 cm³/mol.